The number of carboxylic acid groups (broad SMARTS) is 1. The Morgan fingerprint density at radius 2 is 0.796 bits per heavy atom. The van der Waals surface area contributed by atoms with Crippen LogP contribution in [0.2, 0.25) is 0 Å². The highest BCUT2D eigenvalue weighted by Crippen LogP contribution is 2.19. The summed E-state index contributed by atoms with van der Waals surface area (Å²) < 4.78 is 6.06. The molecule has 0 aliphatic rings. The van der Waals surface area contributed by atoms with Gasteiger partial charge in [-0.1, -0.05) is 199 Å². The van der Waals surface area contributed by atoms with Crippen molar-refractivity contribution in [2.45, 2.75) is 270 Å². The maximum absolute atomic E-state index is 12.8. The van der Waals surface area contributed by atoms with Crippen molar-refractivity contribution in [3.8, 4) is 0 Å². The second kappa shape index (κ2) is 43.9. The van der Waals surface area contributed by atoms with Gasteiger partial charge >= 0.3 is 11.9 Å². The van der Waals surface area contributed by atoms with Gasteiger partial charge in [0, 0.05) is 12.8 Å². The maximum atomic E-state index is 12.8. The normalized spacial score (nSPS) is 12.0. The molecule has 0 bridgehead atoms. The standard InChI is InChI=1S/C48H91NO5/c1-3-5-7-9-11-13-15-17-19-20-22-24-26-28-30-35-39-43-48(53)54-45(41-37-33-31-34-38-42-46(50)49-44-47(51)52)40-36-32-29-27-25-23-21-18-16-14-12-10-8-6-4-2/h17,19,45H,3-16,18,20-44H2,1-2H3,(H,49,50)(H,51,52)/b19-17-. The van der Waals surface area contributed by atoms with Crippen molar-refractivity contribution in [1.82, 2.24) is 5.32 Å². The fourth-order valence-electron chi connectivity index (χ4n) is 7.39. The molecule has 0 aromatic carbocycles. The summed E-state index contributed by atoms with van der Waals surface area (Å²) in [7, 11) is 0. The first-order valence-corrected chi connectivity index (χ1v) is 23.8. The monoisotopic (exact) mass is 762 g/mol. The van der Waals surface area contributed by atoms with Crippen molar-refractivity contribution >= 4 is 17.8 Å². The van der Waals surface area contributed by atoms with Gasteiger partial charge in [-0.15, -0.1) is 0 Å². The van der Waals surface area contributed by atoms with Crippen molar-refractivity contribution in [3.63, 3.8) is 0 Å². The Bertz CT molecular complexity index is 843. The van der Waals surface area contributed by atoms with E-state index in [0.717, 1.165) is 64.2 Å². The summed E-state index contributed by atoms with van der Waals surface area (Å²) in [6, 6.07) is 0. The van der Waals surface area contributed by atoms with Crippen molar-refractivity contribution in [2.75, 3.05) is 6.54 Å². The average Bonchev–Trinajstić information content (AvgIpc) is 3.16. The quantitative estimate of drug-likeness (QED) is 0.0366. The number of esters is 1. The summed E-state index contributed by atoms with van der Waals surface area (Å²) >= 11 is 0. The van der Waals surface area contributed by atoms with Crippen LogP contribution in [0.25, 0.3) is 0 Å². The fraction of sp³-hybridized carbons (Fsp3) is 0.896. The molecule has 0 aromatic rings. The molecule has 1 unspecified atom stereocenters. The number of carbonyl (C=O) groups is 3. The number of rotatable bonds is 44. The molecule has 6 heteroatoms. The van der Waals surface area contributed by atoms with Gasteiger partial charge in [-0.05, 0) is 64.2 Å². The zero-order chi connectivity index (χ0) is 39.4. The molecule has 0 fully saturated rings. The number of aliphatic carboxylic acids is 1. The Morgan fingerprint density at radius 1 is 0.463 bits per heavy atom. The molecule has 0 heterocycles. The minimum Gasteiger partial charge on any atom is -0.480 e. The Balaban J connectivity index is 4.12. The SMILES string of the molecule is CCCCCCCC/C=C\CCCCCCCCCC(=O)OC(CCCCCCCCCCCCCCCCC)CCCCCCCC(=O)NCC(=O)O. The predicted molar refractivity (Wildman–Crippen MR) is 231 cm³/mol. The lowest BCUT2D eigenvalue weighted by Gasteiger charge is -2.18. The molecule has 0 saturated heterocycles. The molecule has 2 N–H and O–H groups in total. The van der Waals surface area contributed by atoms with E-state index in [4.69, 9.17) is 9.84 Å². The highest BCUT2D eigenvalue weighted by Gasteiger charge is 2.14. The van der Waals surface area contributed by atoms with E-state index in [0.29, 0.717) is 12.8 Å². The Morgan fingerprint density at radius 3 is 1.19 bits per heavy atom. The molecule has 0 spiro atoms. The molecule has 0 aromatic heterocycles. The van der Waals surface area contributed by atoms with Gasteiger partial charge in [0.1, 0.15) is 12.6 Å². The second-order valence-corrected chi connectivity index (χ2v) is 16.4. The lowest BCUT2D eigenvalue weighted by atomic mass is 10.0. The third-order valence-corrected chi connectivity index (χ3v) is 10.9. The van der Waals surface area contributed by atoms with E-state index in [2.05, 4.69) is 31.3 Å². The Hall–Kier alpha value is -1.85. The van der Waals surface area contributed by atoms with Crippen LogP contribution in [0.4, 0.5) is 0 Å². The van der Waals surface area contributed by atoms with Crippen LogP contribution in [-0.2, 0) is 19.1 Å². The van der Waals surface area contributed by atoms with Crippen LogP contribution in [0.5, 0.6) is 0 Å². The molecule has 318 valence electrons. The fourth-order valence-corrected chi connectivity index (χ4v) is 7.39. The number of nitrogens with one attached hydrogen (secondary N) is 1. The van der Waals surface area contributed by atoms with Crippen LogP contribution >= 0.6 is 0 Å². The number of ether oxygens (including phenoxy) is 1. The largest absolute Gasteiger partial charge is 0.480 e. The summed E-state index contributed by atoms with van der Waals surface area (Å²) in [4.78, 5) is 35.1. The van der Waals surface area contributed by atoms with Crippen LogP contribution in [0.1, 0.15) is 264 Å². The molecule has 0 rings (SSSR count). The highest BCUT2D eigenvalue weighted by atomic mass is 16.5. The minimum atomic E-state index is -1.01. The van der Waals surface area contributed by atoms with Crippen LogP contribution in [-0.4, -0.2) is 35.6 Å². The van der Waals surface area contributed by atoms with Crippen molar-refractivity contribution in [2.24, 2.45) is 0 Å². The first kappa shape index (κ1) is 52.2. The molecule has 0 aliphatic carbocycles. The Kier molecular flexibility index (Phi) is 42.4. The van der Waals surface area contributed by atoms with Crippen LogP contribution in [0, 0.1) is 0 Å². The third-order valence-electron chi connectivity index (χ3n) is 10.9. The number of unbranched alkanes of at least 4 members (excludes halogenated alkanes) is 31. The number of carboxylic acids is 1. The molecule has 1 amide bonds. The van der Waals surface area contributed by atoms with Crippen molar-refractivity contribution in [3.05, 3.63) is 12.2 Å². The highest BCUT2D eigenvalue weighted by molar-refractivity contribution is 5.80. The molecule has 54 heavy (non-hydrogen) atoms. The van der Waals surface area contributed by atoms with Gasteiger partial charge in [0.25, 0.3) is 0 Å². The third kappa shape index (κ3) is 42.9. The number of hydrogen-bond donors (Lipinski definition) is 2. The van der Waals surface area contributed by atoms with Crippen LogP contribution in [0.15, 0.2) is 12.2 Å². The molecule has 0 radical (unpaired) electrons. The predicted octanol–water partition coefficient (Wildman–Crippen LogP) is 14.9. The number of amides is 1. The van der Waals surface area contributed by atoms with Gasteiger partial charge in [-0.3, -0.25) is 14.4 Å². The summed E-state index contributed by atoms with van der Waals surface area (Å²) in [6.45, 7) is 4.25. The smallest absolute Gasteiger partial charge is 0.322 e. The summed E-state index contributed by atoms with van der Waals surface area (Å²) in [5.74, 6) is -1.22. The summed E-state index contributed by atoms with van der Waals surface area (Å²) in [5.41, 5.74) is 0. The van der Waals surface area contributed by atoms with Gasteiger partial charge in [-0.2, -0.15) is 0 Å². The number of carbonyl (C=O) groups excluding carboxylic acids is 2. The zero-order valence-electron chi connectivity index (χ0n) is 36.1. The van der Waals surface area contributed by atoms with E-state index in [1.54, 1.807) is 0 Å². The first-order valence-electron chi connectivity index (χ1n) is 23.8. The van der Waals surface area contributed by atoms with E-state index >= 15 is 0 Å². The van der Waals surface area contributed by atoms with Gasteiger partial charge < -0.3 is 15.2 Å². The zero-order valence-corrected chi connectivity index (χ0v) is 36.1. The number of hydrogen-bond acceptors (Lipinski definition) is 4. The summed E-state index contributed by atoms with van der Waals surface area (Å²) in [5, 5.41) is 11.1. The molecular formula is C48H91NO5. The van der Waals surface area contributed by atoms with Gasteiger partial charge in [0.15, 0.2) is 0 Å². The van der Waals surface area contributed by atoms with E-state index in [1.807, 2.05) is 0 Å². The van der Waals surface area contributed by atoms with E-state index in [-0.39, 0.29) is 24.5 Å². The second-order valence-electron chi connectivity index (χ2n) is 16.4. The van der Waals surface area contributed by atoms with E-state index < -0.39 is 5.97 Å². The molecule has 1 atom stereocenters. The van der Waals surface area contributed by atoms with Crippen LogP contribution in [0.3, 0.4) is 0 Å². The molecular weight excluding hydrogens is 671 g/mol. The molecule has 0 saturated carbocycles. The first-order chi connectivity index (χ1) is 26.5. The lowest BCUT2D eigenvalue weighted by Crippen LogP contribution is -2.28. The topological polar surface area (TPSA) is 92.7 Å². The average molecular weight is 762 g/mol. The maximum Gasteiger partial charge on any atom is 0.322 e. The van der Waals surface area contributed by atoms with Gasteiger partial charge in [0.2, 0.25) is 5.91 Å². The van der Waals surface area contributed by atoms with Gasteiger partial charge in [-0.25, -0.2) is 0 Å². The van der Waals surface area contributed by atoms with E-state index in [1.165, 1.54) is 173 Å². The van der Waals surface area contributed by atoms with Crippen LogP contribution < -0.4 is 5.32 Å². The van der Waals surface area contributed by atoms with Gasteiger partial charge in [0.05, 0.1) is 0 Å². The molecule has 6 nitrogen and oxygen atoms in total. The van der Waals surface area contributed by atoms with E-state index in [9.17, 15) is 14.4 Å². The molecule has 0 aliphatic heterocycles. The van der Waals surface area contributed by atoms with Crippen molar-refractivity contribution < 1.29 is 24.2 Å². The minimum absolute atomic E-state index is 0.0129. The Labute approximate surface area is 335 Å². The number of allylic oxidation sites excluding steroid dienone is 2. The summed E-state index contributed by atoms with van der Waals surface area (Å²) in [6.07, 6.45) is 52.0. The lowest BCUT2D eigenvalue weighted by molar-refractivity contribution is -0.150. The van der Waals surface area contributed by atoms with Crippen molar-refractivity contribution in [1.29, 1.82) is 0 Å².